The first-order valence-corrected chi connectivity index (χ1v) is 7.39. The molecule has 1 amide bonds. The minimum atomic E-state index is -0.155. The third-order valence-corrected chi connectivity index (χ3v) is 4.02. The molecule has 118 valence electrons. The summed E-state index contributed by atoms with van der Waals surface area (Å²) in [6.45, 7) is 5.92. The van der Waals surface area contributed by atoms with E-state index >= 15 is 0 Å². The molecule has 1 aromatic heterocycles. The molecule has 2 unspecified atom stereocenters. The van der Waals surface area contributed by atoms with Crippen LogP contribution < -0.4 is 10.1 Å². The van der Waals surface area contributed by atoms with Crippen molar-refractivity contribution in [3.63, 3.8) is 0 Å². The maximum absolute atomic E-state index is 12.6. The minimum absolute atomic E-state index is 0.000729. The fourth-order valence-corrected chi connectivity index (χ4v) is 2.58. The van der Waals surface area contributed by atoms with Crippen LogP contribution in [0.3, 0.4) is 0 Å². The van der Waals surface area contributed by atoms with Crippen molar-refractivity contribution in [2.24, 2.45) is 7.05 Å². The molecule has 2 atom stereocenters. The van der Waals surface area contributed by atoms with Crippen molar-refractivity contribution in [2.45, 2.75) is 32.7 Å². The van der Waals surface area contributed by atoms with E-state index in [4.69, 9.17) is 4.74 Å². The maximum Gasteiger partial charge on any atom is 0.258 e. The van der Waals surface area contributed by atoms with Crippen LogP contribution in [0.2, 0.25) is 0 Å². The van der Waals surface area contributed by atoms with Crippen LogP contribution in [0.4, 0.5) is 0 Å². The summed E-state index contributed by atoms with van der Waals surface area (Å²) in [5, 5.41) is 7.30. The Morgan fingerprint density at radius 1 is 1.27 bits per heavy atom. The van der Waals surface area contributed by atoms with Crippen molar-refractivity contribution in [1.29, 1.82) is 0 Å². The van der Waals surface area contributed by atoms with Crippen molar-refractivity contribution in [1.82, 2.24) is 15.1 Å². The number of methoxy groups -OCH3 is 1. The van der Waals surface area contributed by atoms with Crippen molar-refractivity contribution >= 4 is 5.91 Å². The van der Waals surface area contributed by atoms with Gasteiger partial charge >= 0.3 is 0 Å². The van der Waals surface area contributed by atoms with Crippen molar-refractivity contribution < 1.29 is 9.53 Å². The lowest BCUT2D eigenvalue weighted by Crippen LogP contribution is -2.36. The number of ether oxygens (including phenoxy) is 1. The number of aryl methyl sites for hydroxylation is 2. The highest BCUT2D eigenvalue weighted by molar-refractivity contribution is 5.97. The largest absolute Gasteiger partial charge is 0.481 e. The number of aromatic nitrogens is 2. The van der Waals surface area contributed by atoms with Crippen molar-refractivity contribution in [2.75, 3.05) is 7.11 Å². The van der Waals surface area contributed by atoms with Gasteiger partial charge in [0.2, 0.25) is 5.88 Å². The normalized spacial score (nSPS) is 13.5. The Morgan fingerprint density at radius 3 is 2.50 bits per heavy atom. The van der Waals surface area contributed by atoms with Crippen LogP contribution in [0.25, 0.3) is 0 Å². The number of nitrogens with zero attached hydrogens (tertiary/aromatic N) is 2. The van der Waals surface area contributed by atoms with E-state index in [1.807, 2.05) is 32.0 Å². The molecule has 0 aliphatic carbocycles. The zero-order valence-electron chi connectivity index (χ0n) is 13.8. The number of carbonyl (C=O) groups excluding carboxylic acids is 1. The fourth-order valence-electron chi connectivity index (χ4n) is 2.58. The van der Waals surface area contributed by atoms with Crippen LogP contribution in [-0.4, -0.2) is 28.8 Å². The summed E-state index contributed by atoms with van der Waals surface area (Å²) in [6.07, 6.45) is 0. The summed E-state index contributed by atoms with van der Waals surface area (Å²) in [5.41, 5.74) is 2.36. The van der Waals surface area contributed by atoms with Gasteiger partial charge in [-0.2, -0.15) is 5.10 Å². The first kappa shape index (κ1) is 16.1. The molecule has 5 nitrogen and oxygen atoms in total. The number of carbonyl (C=O) groups is 1. The molecular weight excluding hydrogens is 278 g/mol. The Labute approximate surface area is 131 Å². The smallest absolute Gasteiger partial charge is 0.258 e. The van der Waals surface area contributed by atoms with Gasteiger partial charge in [0.15, 0.2) is 0 Å². The number of amides is 1. The van der Waals surface area contributed by atoms with Crippen molar-refractivity contribution in [3.8, 4) is 5.88 Å². The lowest BCUT2D eigenvalue weighted by Gasteiger charge is -2.21. The van der Waals surface area contributed by atoms with Gasteiger partial charge in [-0.25, -0.2) is 4.68 Å². The lowest BCUT2D eigenvalue weighted by atomic mass is 9.94. The second-order valence-corrected chi connectivity index (χ2v) is 5.55. The van der Waals surface area contributed by atoms with Crippen LogP contribution in [0, 0.1) is 6.92 Å². The van der Waals surface area contributed by atoms with E-state index in [-0.39, 0.29) is 17.9 Å². The van der Waals surface area contributed by atoms with E-state index in [9.17, 15) is 4.79 Å². The van der Waals surface area contributed by atoms with Crippen LogP contribution in [0.1, 0.15) is 41.4 Å². The molecule has 5 heteroatoms. The fraction of sp³-hybridized carbons (Fsp3) is 0.412. The molecule has 0 saturated heterocycles. The first-order valence-electron chi connectivity index (χ1n) is 7.39. The van der Waals surface area contributed by atoms with Crippen LogP contribution in [0.5, 0.6) is 5.88 Å². The highest BCUT2D eigenvalue weighted by Gasteiger charge is 2.24. The van der Waals surface area contributed by atoms with E-state index in [1.165, 1.54) is 5.56 Å². The zero-order valence-corrected chi connectivity index (χ0v) is 13.8. The summed E-state index contributed by atoms with van der Waals surface area (Å²) >= 11 is 0. The number of hydrogen-bond acceptors (Lipinski definition) is 3. The van der Waals surface area contributed by atoms with Gasteiger partial charge in [-0.05, 0) is 19.4 Å². The Hall–Kier alpha value is -2.30. The van der Waals surface area contributed by atoms with Gasteiger partial charge < -0.3 is 10.1 Å². The second-order valence-electron chi connectivity index (χ2n) is 5.55. The number of benzene rings is 1. The quantitative estimate of drug-likeness (QED) is 0.923. The summed E-state index contributed by atoms with van der Waals surface area (Å²) in [4.78, 5) is 12.6. The molecule has 22 heavy (non-hydrogen) atoms. The molecule has 2 rings (SSSR count). The SMILES string of the molecule is COc1c(C(=O)NC(C)C(C)c2ccccc2)c(C)nn1C. The predicted molar refractivity (Wildman–Crippen MR) is 86.3 cm³/mol. The van der Waals surface area contributed by atoms with E-state index in [0.29, 0.717) is 17.1 Å². The van der Waals surface area contributed by atoms with Gasteiger partial charge in [0, 0.05) is 19.0 Å². The van der Waals surface area contributed by atoms with Gasteiger partial charge in [-0.15, -0.1) is 0 Å². The predicted octanol–water partition coefficient (Wildman–Crippen LogP) is 2.66. The molecule has 0 fully saturated rings. The Balaban J connectivity index is 2.15. The highest BCUT2D eigenvalue weighted by atomic mass is 16.5. The second kappa shape index (κ2) is 6.64. The third kappa shape index (κ3) is 3.13. The average Bonchev–Trinajstić information content (AvgIpc) is 2.80. The summed E-state index contributed by atoms with van der Waals surface area (Å²) in [5.74, 6) is 0.542. The first-order chi connectivity index (χ1) is 10.5. The molecule has 0 aliphatic heterocycles. The Bertz CT molecular complexity index is 649. The van der Waals surface area contributed by atoms with Gasteiger partial charge in [-0.1, -0.05) is 37.3 Å². The van der Waals surface area contributed by atoms with E-state index in [1.54, 1.807) is 18.8 Å². The summed E-state index contributed by atoms with van der Waals surface area (Å²) in [6, 6.07) is 10.2. The van der Waals surface area contributed by atoms with Crippen LogP contribution >= 0.6 is 0 Å². The van der Waals surface area contributed by atoms with Gasteiger partial charge in [0.1, 0.15) is 5.56 Å². The molecule has 0 spiro atoms. The molecule has 1 heterocycles. The molecule has 0 saturated carbocycles. The lowest BCUT2D eigenvalue weighted by molar-refractivity contribution is 0.0931. The summed E-state index contributed by atoms with van der Waals surface area (Å²) < 4.78 is 6.86. The Morgan fingerprint density at radius 2 is 1.91 bits per heavy atom. The third-order valence-electron chi connectivity index (χ3n) is 4.02. The molecule has 1 aromatic carbocycles. The molecule has 0 bridgehead atoms. The molecule has 1 N–H and O–H groups in total. The number of nitrogens with one attached hydrogen (secondary N) is 1. The van der Waals surface area contributed by atoms with E-state index in [2.05, 4.69) is 29.5 Å². The molecule has 0 radical (unpaired) electrons. The molecular formula is C17H23N3O2. The Kier molecular flexibility index (Phi) is 4.85. The standard InChI is InChI=1S/C17H23N3O2/c1-11(14-9-7-6-8-10-14)12(2)18-16(21)15-13(3)19-20(4)17(15)22-5/h6-12H,1-5H3,(H,18,21). The number of rotatable bonds is 5. The molecule has 2 aromatic rings. The van der Waals surface area contributed by atoms with Crippen LogP contribution in [-0.2, 0) is 7.05 Å². The van der Waals surface area contributed by atoms with Crippen molar-refractivity contribution in [3.05, 3.63) is 47.2 Å². The molecule has 0 aliphatic rings. The monoisotopic (exact) mass is 301 g/mol. The summed E-state index contributed by atoms with van der Waals surface area (Å²) in [7, 11) is 3.31. The minimum Gasteiger partial charge on any atom is -0.481 e. The van der Waals surface area contributed by atoms with E-state index in [0.717, 1.165) is 0 Å². The zero-order chi connectivity index (χ0) is 16.3. The van der Waals surface area contributed by atoms with Gasteiger partial charge in [0.25, 0.3) is 5.91 Å². The average molecular weight is 301 g/mol. The van der Waals surface area contributed by atoms with Gasteiger partial charge in [0.05, 0.1) is 12.8 Å². The highest BCUT2D eigenvalue weighted by Crippen LogP contribution is 2.23. The van der Waals surface area contributed by atoms with Crippen LogP contribution in [0.15, 0.2) is 30.3 Å². The van der Waals surface area contributed by atoms with E-state index < -0.39 is 0 Å². The number of hydrogen-bond donors (Lipinski definition) is 1. The topological polar surface area (TPSA) is 56.1 Å². The maximum atomic E-state index is 12.6. The van der Waals surface area contributed by atoms with Gasteiger partial charge in [-0.3, -0.25) is 4.79 Å².